The van der Waals surface area contributed by atoms with Gasteiger partial charge in [0, 0.05) is 12.0 Å². The second-order valence-corrected chi connectivity index (χ2v) is 2.97. The van der Waals surface area contributed by atoms with E-state index in [0.29, 0.717) is 0 Å². The highest BCUT2D eigenvalue weighted by atomic mass is 32.1. The molecule has 1 rings (SSSR count). The molecule has 0 fully saturated rings. The number of hydrogen-bond donors (Lipinski definition) is 1. The maximum atomic E-state index is 11.2. The van der Waals surface area contributed by atoms with Crippen LogP contribution in [0.15, 0.2) is 12.2 Å². The first-order chi connectivity index (χ1) is 5.25. The molecule has 0 saturated heterocycles. The van der Waals surface area contributed by atoms with Crippen molar-refractivity contribution in [2.24, 2.45) is 11.7 Å². The fourth-order valence-electron chi connectivity index (χ4n) is 1.22. The van der Waals surface area contributed by atoms with E-state index < -0.39 is 0 Å². The summed E-state index contributed by atoms with van der Waals surface area (Å²) >= 11 is 4.68. The van der Waals surface area contributed by atoms with E-state index in [2.05, 4.69) is 12.2 Å². The fourth-order valence-corrected chi connectivity index (χ4v) is 1.41. The van der Waals surface area contributed by atoms with Gasteiger partial charge in [-0.2, -0.15) is 0 Å². The van der Waals surface area contributed by atoms with Crippen molar-refractivity contribution in [3.63, 3.8) is 0 Å². The molecule has 0 spiro atoms. The average molecular weight is 169 g/mol. The molecule has 0 aromatic carbocycles. The van der Waals surface area contributed by atoms with Gasteiger partial charge >= 0.3 is 0 Å². The van der Waals surface area contributed by atoms with E-state index in [1.54, 1.807) is 6.08 Å². The van der Waals surface area contributed by atoms with Gasteiger partial charge in [-0.3, -0.25) is 4.79 Å². The topological polar surface area (TPSA) is 43.1 Å². The lowest BCUT2D eigenvalue weighted by Crippen LogP contribution is -2.36. The Labute approximate surface area is 71.5 Å². The van der Waals surface area contributed by atoms with Crippen molar-refractivity contribution in [1.82, 2.24) is 0 Å². The van der Waals surface area contributed by atoms with Crippen LogP contribution in [0.1, 0.15) is 12.8 Å². The lowest BCUT2D eigenvalue weighted by Gasteiger charge is -2.19. The molecule has 0 aromatic heterocycles. The van der Waals surface area contributed by atoms with Crippen molar-refractivity contribution in [3.05, 3.63) is 12.2 Å². The predicted molar refractivity (Wildman–Crippen MR) is 48.5 cm³/mol. The summed E-state index contributed by atoms with van der Waals surface area (Å²) in [5.74, 6) is 0.0438. The van der Waals surface area contributed by atoms with Crippen molar-refractivity contribution in [3.8, 4) is 0 Å². The van der Waals surface area contributed by atoms with E-state index in [4.69, 9.17) is 5.73 Å². The summed E-state index contributed by atoms with van der Waals surface area (Å²) in [5.41, 5.74) is 5.62. The molecule has 2 atom stereocenters. The molecule has 0 aromatic rings. The summed E-state index contributed by atoms with van der Waals surface area (Å²) in [6, 6.07) is -0.248. The van der Waals surface area contributed by atoms with E-state index in [9.17, 15) is 4.79 Å². The van der Waals surface area contributed by atoms with Crippen LogP contribution in [0, 0.1) is 5.92 Å². The second-order valence-electron chi connectivity index (χ2n) is 2.70. The zero-order valence-electron chi connectivity index (χ0n) is 6.19. The Bertz CT molecular complexity index is 200. The molecule has 1 aliphatic carbocycles. The monoisotopic (exact) mass is 169 g/mol. The van der Waals surface area contributed by atoms with Crippen molar-refractivity contribution in [2.45, 2.75) is 18.9 Å². The quantitative estimate of drug-likeness (QED) is 0.623. The summed E-state index contributed by atoms with van der Waals surface area (Å²) in [6.07, 6.45) is 5.26. The van der Waals surface area contributed by atoms with Crippen LogP contribution in [0.3, 0.4) is 0 Å². The molecular weight excluding hydrogens is 158 g/mol. The summed E-state index contributed by atoms with van der Waals surface area (Å²) < 4.78 is 0. The molecule has 0 heterocycles. The SMILES string of the molecule is NC(C=S)C1CCC=CC1=O. The Morgan fingerprint density at radius 1 is 1.82 bits per heavy atom. The lowest BCUT2D eigenvalue weighted by atomic mass is 9.88. The third-order valence-electron chi connectivity index (χ3n) is 1.91. The molecule has 0 saturated carbocycles. The van der Waals surface area contributed by atoms with E-state index in [1.807, 2.05) is 6.08 Å². The van der Waals surface area contributed by atoms with Gasteiger partial charge < -0.3 is 5.73 Å². The summed E-state index contributed by atoms with van der Waals surface area (Å²) in [4.78, 5) is 11.2. The third-order valence-corrected chi connectivity index (χ3v) is 2.23. The van der Waals surface area contributed by atoms with E-state index >= 15 is 0 Å². The number of nitrogens with two attached hydrogens (primary N) is 1. The molecule has 2 unspecified atom stereocenters. The van der Waals surface area contributed by atoms with E-state index in [1.165, 1.54) is 5.37 Å². The van der Waals surface area contributed by atoms with Gasteiger partial charge in [-0.25, -0.2) is 0 Å². The minimum atomic E-state index is -0.248. The van der Waals surface area contributed by atoms with Crippen LogP contribution in [0.5, 0.6) is 0 Å². The number of allylic oxidation sites excluding steroid dienone is 2. The van der Waals surface area contributed by atoms with Crippen LogP contribution in [0.25, 0.3) is 0 Å². The van der Waals surface area contributed by atoms with Gasteiger partial charge in [0.1, 0.15) is 0 Å². The number of thiocarbonyl (C=S) groups is 1. The Balaban J connectivity index is 2.64. The second kappa shape index (κ2) is 3.74. The smallest absolute Gasteiger partial charge is 0.160 e. The third kappa shape index (κ3) is 1.94. The van der Waals surface area contributed by atoms with Gasteiger partial charge in [-0.1, -0.05) is 18.3 Å². The Morgan fingerprint density at radius 2 is 2.55 bits per heavy atom. The summed E-state index contributed by atoms with van der Waals surface area (Å²) in [6.45, 7) is 0. The normalized spacial score (nSPS) is 26.6. The molecule has 60 valence electrons. The molecule has 0 bridgehead atoms. The van der Waals surface area contributed by atoms with E-state index in [0.717, 1.165) is 12.8 Å². The van der Waals surface area contributed by atoms with Crippen LogP contribution in [0.2, 0.25) is 0 Å². The predicted octanol–water partition coefficient (Wildman–Crippen LogP) is 0.849. The van der Waals surface area contributed by atoms with Crippen molar-refractivity contribution in [1.29, 1.82) is 0 Å². The molecule has 3 heteroatoms. The standard InChI is InChI=1S/C8H11NOS/c9-7(5-11)6-3-1-2-4-8(6)10/h2,4-7H,1,3,9H2. The molecule has 2 N–H and O–H groups in total. The average Bonchev–Trinajstić information content (AvgIpc) is 2.04. The number of carbonyl (C=O) groups is 1. The van der Waals surface area contributed by atoms with Crippen LogP contribution < -0.4 is 5.73 Å². The van der Waals surface area contributed by atoms with Crippen LogP contribution in [-0.4, -0.2) is 17.2 Å². The van der Waals surface area contributed by atoms with Crippen LogP contribution in [-0.2, 0) is 4.79 Å². The first-order valence-corrected chi connectivity index (χ1v) is 4.14. The number of ketones is 1. The zero-order valence-corrected chi connectivity index (χ0v) is 7.01. The highest BCUT2D eigenvalue weighted by Crippen LogP contribution is 2.16. The molecule has 0 aliphatic heterocycles. The van der Waals surface area contributed by atoms with Gasteiger partial charge in [-0.05, 0) is 24.3 Å². The molecule has 0 amide bonds. The van der Waals surface area contributed by atoms with Crippen molar-refractivity contribution >= 4 is 23.4 Å². The van der Waals surface area contributed by atoms with Gasteiger partial charge in [-0.15, -0.1) is 0 Å². The lowest BCUT2D eigenvalue weighted by molar-refractivity contribution is -0.118. The minimum Gasteiger partial charge on any atom is -0.323 e. The van der Waals surface area contributed by atoms with Gasteiger partial charge in [0.15, 0.2) is 5.78 Å². The van der Waals surface area contributed by atoms with Crippen molar-refractivity contribution in [2.75, 3.05) is 0 Å². The Hall–Kier alpha value is -0.540. The fraction of sp³-hybridized carbons (Fsp3) is 0.500. The molecule has 2 nitrogen and oxygen atoms in total. The molecule has 0 radical (unpaired) electrons. The number of rotatable bonds is 2. The number of carbonyl (C=O) groups excluding carboxylic acids is 1. The highest BCUT2D eigenvalue weighted by molar-refractivity contribution is 7.79. The molecule has 11 heavy (non-hydrogen) atoms. The van der Waals surface area contributed by atoms with E-state index in [-0.39, 0.29) is 17.7 Å². The first-order valence-electron chi connectivity index (χ1n) is 3.67. The summed E-state index contributed by atoms with van der Waals surface area (Å²) in [7, 11) is 0. The maximum Gasteiger partial charge on any atom is 0.160 e. The largest absolute Gasteiger partial charge is 0.323 e. The maximum absolute atomic E-state index is 11.2. The van der Waals surface area contributed by atoms with Gasteiger partial charge in [0.2, 0.25) is 0 Å². The highest BCUT2D eigenvalue weighted by Gasteiger charge is 2.23. The Morgan fingerprint density at radius 3 is 3.09 bits per heavy atom. The van der Waals surface area contributed by atoms with Crippen LogP contribution in [0.4, 0.5) is 0 Å². The van der Waals surface area contributed by atoms with Crippen molar-refractivity contribution < 1.29 is 4.79 Å². The Kier molecular flexibility index (Phi) is 2.91. The first kappa shape index (κ1) is 8.56. The zero-order chi connectivity index (χ0) is 8.27. The summed E-state index contributed by atoms with van der Waals surface area (Å²) in [5, 5.41) is 1.47. The van der Waals surface area contributed by atoms with Crippen LogP contribution >= 0.6 is 12.2 Å². The molecular formula is C8H11NOS. The molecule has 1 aliphatic rings. The number of hydrogen-bond acceptors (Lipinski definition) is 3. The minimum absolute atomic E-state index is 0.0718. The van der Waals surface area contributed by atoms with Gasteiger partial charge in [0.05, 0.1) is 0 Å². The van der Waals surface area contributed by atoms with Gasteiger partial charge in [0.25, 0.3) is 0 Å².